The average molecular weight is 511 g/mol. The van der Waals surface area contributed by atoms with Crippen LogP contribution in [0.2, 0.25) is 0 Å². The quantitative estimate of drug-likeness (QED) is 0.200. The Morgan fingerprint density at radius 3 is 2.16 bits per heavy atom. The number of carboxylic acid groups (broad SMARTS) is 1. The van der Waals surface area contributed by atoms with Crippen molar-refractivity contribution in [2.75, 3.05) is 6.61 Å². The van der Waals surface area contributed by atoms with Crippen molar-refractivity contribution in [3.8, 4) is 11.5 Å². The first-order valence-corrected chi connectivity index (χ1v) is 14.0. The monoisotopic (exact) mass is 510 g/mol. The molecular formula is C33H50O4. The van der Waals surface area contributed by atoms with Crippen LogP contribution in [0.1, 0.15) is 115 Å². The average Bonchev–Trinajstić information content (AvgIpc) is 2.81. The molecule has 37 heavy (non-hydrogen) atoms. The van der Waals surface area contributed by atoms with Crippen molar-refractivity contribution in [3.05, 3.63) is 57.2 Å². The summed E-state index contributed by atoms with van der Waals surface area (Å²) in [4.78, 5) is 10.8. The summed E-state index contributed by atoms with van der Waals surface area (Å²) in [5, 5.41) is 8.88. The lowest BCUT2D eigenvalue weighted by Crippen LogP contribution is -2.37. The molecule has 0 spiro atoms. The van der Waals surface area contributed by atoms with E-state index in [1.165, 1.54) is 22.3 Å². The van der Waals surface area contributed by atoms with Gasteiger partial charge in [0.2, 0.25) is 0 Å². The zero-order valence-corrected chi connectivity index (χ0v) is 24.7. The molecular weight excluding hydrogens is 460 g/mol. The summed E-state index contributed by atoms with van der Waals surface area (Å²) < 4.78 is 12.7. The van der Waals surface area contributed by atoms with Crippen molar-refractivity contribution < 1.29 is 19.4 Å². The van der Waals surface area contributed by atoms with Gasteiger partial charge < -0.3 is 14.6 Å². The Labute approximate surface area is 225 Å². The third-order valence-corrected chi connectivity index (χ3v) is 7.63. The lowest BCUT2D eigenvalue weighted by Gasteiger charge is -2.38. The van der Waals surface area contributed by atoms with Crippen LogP contribution in [0.15, 0.2) is 34.9 Å². The second kappa shape index (κ2) is 14.4. The molecule has 0 saturated carbocycles. The molecule has 1 aliphatic heterocycles. The van der Waals surface area contributed by atoms with E-state index in [-0.39, 0.29) is 12.0 Å². The summed E-state index contributed by atoms with van der Waals surface area (Å²) >= 11 is 0. The number of hydrogen-bond donors (Lipinski definition) is 1. The van der Waals surface area contributed by atoms with Crippen molar-refractivity contribution in [2.24, 2.45) is 0 Å². The predicted molar refractivity (Wildman–Crippen MR) is 155 cm³/mol. The van der Waals surface area contributed by atoms with E-state index in [4.69, 9.17) is 14.6 Å². The summed E-state index contributed by atoms with van der Waals surface area (Å²) in [7, 11) is 0. The second-order valence-corrected chi connectivity index (χ2v) is 11.4. The van der Waals surface area contributed by atoms with Gasteiger partial charge in [-0.05, 0) is 130 Å². The molecule has 2 rings (SSSR count). The smallest absolute Gasteiger partial charge is 0.303 e. The first-order valence-electron chi connectivity index (χ1n) is 14.0. The van der Waals surface area contributed by atoms with Gasteiger partial charge in [0.25, 0.3) is 0 Å². The molecule has 1 aliphatic rings. The Morgan fingerprint density at radius 2 is 1.54 bits per heavy atom. The predicted octanol–water partition coefficient (Wildman–Crippen LogP) is 9.14. The standard InChI is InChI=1S/C33H50O4/c1-23(2)13-9-14-24(3)15-10-16-25(4)17-11-20-33(8)21-19-29-28(7)31(36-22-12-18-30(34)35)26(5)27(6)32(29)37-33/h13,15,17H,9-12,14,16,18-22H2,1-8H3,(H,34,35)/b24-15+,25-17+. The fourth-order valence-electron chi connectivity index (χ4n) is 5.03. The molecule has 0 amide bonds. The van der Waals surface area contributed by atoms with Crippen molar-refractivity contribution in [1.82, 2.24) is 0 Å². The van der Waals surface area contributed by atoms with E-state index in [0.717, 1.165) is 79.6 Å². The number of hydrogen-bond acceptors (Lipinski definition) is 3. The van der Waals surface area contributed by atoms with Gasteiger partial charge >= 0.3 is 5.97 Å². The van der Waals surface area contributed by atoms with Crippen LogP contribution in [0, 0.1) is 20.8 Å². The Hall–Kier alpha value is -2.49. The molecule has 1 unspecified atom stereocenters. The molecule has 0 aliphatic carbocycles. The van der Waals surface area contributed by atoms with Crippen LogP contribution < -0.4 is 9.47 Å². The van der Waals surface area contributed by atoms with Gasteiger partial charge in [0, 0.05) is 12.0 Å². The van der Waals surface area contributed by atoms with E-state index in [2.05, 4.69) is 73.6 Å². The molecule has 1 N–H and O–H groups in total. The van der Waals surface area contributed by atoms with Crippen LogP contribution in [0.4, 0.5) is 0 Å². The van der Waals surface area contributed by atoms with Crippen molar-refractivity contribution >= 4 is 5.97 Å². The highest BCUT2D eigenvalue weighted by Gasteiger charge is 2.34. The number of allylic oxidation sites excluding steroid dienone is 6. The van der Waals surface area contributed by atoms with Gasteiger partial charge in [0.15, 0.2) is 0 Å². The minimum absolute atomic E-state index is 0.129. The van der Waals surface area contributed by atoms with Crippen molar-refractivity contribution in [1.29, 1.82) is 0 Å². The fraction of sp³-hybridized carbons (Fsp3) is 0.606. The van der Waals surface area contributed by atoms with Crippen molar-refractivity contribution in [2.45, 2.75) is 125 Å². The largest absolute Gasteiger partial charge is 0.493 e. The summed E-state index contributed by atoms with van der Waals surface area (Å²) in [5.74, 6) is 1.14. The Bertz CT molecular complexity index is 1020. The fourth-order valence-corrected chi connectivity index (χ4v) is 5.03. The van der Waals surface area contributed by atoms with Crippen molar-refractivity contribution in [3.63, 3.8) is 0 Å². The minimum atomic E-state index is -0.783. The van der Waals surface area contributed by atoms with Gasteiger partial charge in [-0.1, -0.05) is 34.9 Å². The third kappa shape index (κ3) is 9.72. The highest BCUT2D eigenvalue weighted by Crippen LogP contribution is 2.44. The van der Waals surface area contributed by atoms with Gasteiger partial charge in [-0.15, -0.1) is 0 Å². The third-order valence-electron chi connectivity index (χ3n) is 7.63. The highest BCUT2D eigenvalue weighted by atomic mass is 16.5. The summed E-state index contributed by atoms with van der Waals surface area (Å²) in [6.07, 6.45) is 16.3. The molecule has 1 aromatic carbocycles. The molecule has 0 bridgehead atoms. The summed E-state index contributed by atoms with van der Waals surface area (Å²) in [6.45, 7) is 17.8. The number of aliphatic carboxylic acids is 1. The van der Waals surface area contributed by atoms with Gasteiger partial charge in [-0.3, -0.25) is 4.79 Å². The van der Waals surface area contributed by atoms with Gasteiger partial charge in [0.1, 0.15) is 17.1 Å². The molecule has 1 aromatic rings. The SMILES string of the molecule is CC(C)=CCC/C(C)=C/CC/C(C)=C/CCC1(C)CCc2c(C)c(OCCCC(=O)O)c(C)c(C)c2O1. The molecule has 0 saturated heterocycles. The Morgan fingerprint density at radius 1 is 0.919 bits per heavy atom. The minimum Gasteiger partial charge on any atom is -0.493 e. The number of fused-ring (bicyclic) bond motifs is 1. The van der Waals surface area contributed by atoms with Crippen LogP contribution >= 0.6 is 0 Å². The van der Waals surface area contributed by atoms with Crippen LogP contribution in [-0.4, -0.2) is 23.3 Å². The van der Waals surface area contributed by atoms with E-state index in [9.17, 15) is 4.79 Å². The van der Waals surface area contributed by atoms with Crippen LogP contribution in [0.25, 0.3) is 0 Å². The first-order chi connectivity index (χ1) is 17.4. The topological polar surface area (TPSA) is 55.8 Å². The molecule has 4 heteroatoms. The second-order valence-electron chi connectivity index (χ2n) is 11.4. The molecule has 1 heterocycles. The van der Waals surface area contributed by atoms with Gasteiger partial charge in [0.05, 0.1) is 6.61 Å². The Balaban J connectivity index is 1.94. The lowest BCUT2D eigenvalue weighted by molar-refractivity contribution is -0.137. The lowest BCUT2D eigenvalue weighted by atomic mass is 9.85. The molecule has 0 aromatic heterocycles. The zero-order chi connectivity index (χ0) is 27.6. The van der Waals surface area contributed by atoms with E-state index < -0.39 is 5.97 Å². The molecule has 0 radical (unpaired) electrons. The van der Waals surface area contributed by atoms with Crippen LogP contribution in [0.3, 0.4) is 0 Å². The number of rotatable bonds is 14. The molecule has 1 atom stereocenters. The first kappa shape index (κ1) is 30.7. The zero-order valence-electron chi connectivity index (χ0n) is 24.7. The number of benzene rings is 1. The van der Waals surface area contributed by atoms with E-state index in [0.29, 0.717) is 13.0 Å². The highest BCUT2D eigenvalue weighted by molar-refractivity contribution is 5.66. The number of carbonyl (C=O) groups is 1. The van der Waals surface area contributed by atoms with E-state index in [1.54, 1.807) is 0 Å². The number of carboxylic acids is 1. The maximum absolute atomic E-state index is 10.8. The maximum Gasteiger partial charge on any atom is 0.303 e. The summed E-state index contributed by atoms with van der Waals surface area (Å²) in [6, 6.07) is 0. The van der Waals surface area contributed by atoms with E-state index >= 15 is 0 Å². The van der Waals surface area contributed by atoms with Crippen LogP contribution in [-0.2, 0) is 11.2 Å². The normalized spacial score (nSPS) is 17.7. The van der Waals surface area contributed by atoms with Crippen LogP contribution in [0.5, 0.6) is 11.5 Å². The molecule has 0 fully saturated rings. The Kier molecular flexibility index (Phi) is 12.0. The van der Waals surface area contributed by atoms with Gasteiger partial charge in [-0.25, -0.2) is 0 Å². The number of ether oxygens (including phenoxy) is 2. The molecule has 206 valence electrons. The summed E-state index contributed by atoms with van der Waals surface area (Å²) in [5.41, 5.74) is 8.78. The maximum atomic E-state index is 10.8. The van der Waals surface area contributed by atoms with Gasteiger partial charge in [-0.2, -0.15) is 0 Å². The molecule has 4 nitrogen and oxygen atoms in total. The van der Waals surface area contributed by atoms with E-state index in [1.807, 2.05) is 0 Å².